The van der Waals surface area contributed by atoms with E-state index in [0.717, 1.165) is 43.1 Å². The largest absolute Gasteiger partial charge is 0.495 e. The van der Waals surface area contributed by atoms with Crippen molar-refractivity contribution in [1.82, 2.24) is 10.2 Å². The second-order valence-electron chi connectivity index (χ2n) is 11.1. The van der Waals surface area contributed by atoms with Gasteiger partial charge in [0.15, 0.2) is 0 Å². The molecule has 0 saturated heterocycles. The van der Waals surface area contributed by atoms with Gasteiger partial charge < -0.3 is 15.0 Å². The summed E-state index contributed by atoms with van der Waals surface area (Å²) in [6.07, 6.45) is 5.67. The number of ether oxygens (including phenoxy) is 1. The molecule has 3 aromatic carbocycles. The molecule has 1 aliphatic carbocycles. The Labute approximate surface area is 270 Å². The first kappa shape index (κ1) is 33.6. The number of hydrogen-bond acceptors (Lipinski definition) is 5. The highest BCUT2D eigenvalue weighted by Crippen LogP contribution is 2.30. The van der Waals surface area contributed by atoms with Crippen molar-refractivity contribution >= 4 is 50.7 Å². The Morgan fingerprint density at radius 1 is 0.977 bits per heavy atom. The zero-order valence-corrected chi connectivity index (χ0v) is 27.4. The third-order valence-corrected chi connectivity index (χ3v) is 9.51. The zero-order chi connectivity index (χ0) is 31.7. The molecule has 236 valence electrons. The molecule has 0 spiro atoms. The average molecular weight is 661 g/mol. The molecule has 0 heterocycles. The molecule has 1 saturated carbocycles. The van der Waals surface area contributed by atoms with E-state index >= 15 is 0 Å². The van der Waals surface area contributed by atoms with Gasteiger partial charge in [0, 0.05) is 37.0 Å². The Bertz CT molecular complexity index is 1530. The number of carbonyl (C=O) groups excluding carboxylic acids is 2. The van der Waals surface area contributed by atoms with Gasteiger partial charge >= 0.3 is 0 Å². The summed E-state index contributed by atoms with van der Waals surface area (Å²) in [6, 6.07) is 20.9. The van der Waals surface area contributed by atoms with Crippen LogP contribution in [0.5, 0.6) is 5.75 Å². The zero-order valence-electron chi connectivity index (χ0n) is 25.0. The van der Waals surface area contributed by atoms with Gasteiger partial charge in [0.2, 0.25) is 21.8 Å². The maximum Gasteiger partial charge on any atom is 0.243 e. The number of nitrogens with one attached hydrogen (secondary N) is 1. The summed E-state index contributed by atoms with van der Waals surface area (Å²) in [5.41, 5.74) is 2.10. The fourth-order valence-corrected chi connectivity index (χ4v) is 6.99. The van der Waals surface area contributed by atoms with E-state index in [1.165, 1.54) is 17.5 Å². The van der Waals surface area contributed by atoms with Gasteiger partial charge in [-0.2, -0.15) is 0 Å². The highest BCUT2D eigenvalue weighted by atomic mass is 35.5. The minimum absolute atomic E-state index is 0.0263. The molecule has 1 atom stereocenters. The van der Waals surface area contributed by atoms with Crippen LogP contribution in [0.4, 0.5) is 5.69 Å². The van der Waals surface area contributed by atoms with Gasteiger partial charge in [-0.3, -0.25) is 13.9 Å². The number of rotatable bonds is 14. The molecule has 0 radical (unpaired) electrons. The van der Waals surface area contributed by atoms with Crippen LogP contribution in [0, 0.1) is 0 Å². The molecule has 1 fully saturated rings. The van der Waals surface area contributed by atoms with Crippen LogP contribution in [0.25, 0.3) is 0 Å². The fourth-order valence-electron chi connectivity index (χ4n) is 5.57. The smallest absolute Gasteiger partial charge is 0.243 e. The molecule has 3 aromatic rings. The van der Waals surface area contributed by atoms with E-state index in [1.807, 2.05) is 42.5 Å². The van der Waals surface area contributed by atoms with Gasteiger partial charge in [-0.1, -0.05) is 78.5 Å². The Balaban J connectivity index is 1.59. The molecule has 0 aromatic heterocycles. The molecule has 0 aliphatic heterocycles. The third-order valence-electron chi connectivity index (χ3n) is 7.79. The maximum atomic E-state index is 14.0. The molecule has 8 nitrogen and oxygen atoms in total. The number of carbonyl (C=O) groups is 2. The summed E-state index contributed by atoms with van der Waals surface area (Å²) in [4.78, 5) is 29.5. The molecule has 4 rings (SSSR count). The molecular weight excluding hydrogens is 621 g/mol. The van der Waals surface area contributed by atoms with Crippen LogP contribution in [0.15, 0.2) is 72.8 Å². The van der Waals surface area contributed by atoms with Crippen LogP contribution in [0.3, 0.4) is 0 Å². The van der Waals surface area contributed by atoms with Crippen LogP contribution in [-0.4, -0.2) is 57.1 Å². The number of halogens is 2. The highest BCUT2D eigenvalue weighted by molar-refractivity contribution is 7.92. The van der Waals surface area contributed by atoms with E-state index in [-0.39, 0.29) is 48.8 Å². The first-order valence-corrected chi connectivity index (χ1v) is 17.3. The van der Waals surface area contributed by atoms with Crippen molar-refractivity contribution in [3.05, 3.63) is 94.0 Å². The lowest BCUT2D eigenvalue weighted by atomic mass is 10.0. The van der Waals surface area contributed by atoms with E-state index in [1.54, 1.807) is 29.2 Å². The molecular formula is C33H39Cl2N3O5S. The van der Waals surface area contributed by atoms with Crippen molar-refractivity contribution in [2.75, 3.05) is 24.2 Å². The summed E-state index contributed by atoms with van der Waals surface area (Å²) in [5.74, 6) is -0.0218. The summed E-state index contributed by atoms with van der Waals surface area (Å²) in [7, 11) is -2.20. The topological polar surface area (TPSA) is 96.0 Å². The lowest BCUT2D eigenvalue weighted by Crippen LogP contribution is -2.52. The minimum Gasteiger partial charge on any atom is -0.495 e. The number of nitrogens with zero attached hydrogens (tertiary/aromatic N) is 2. The van der Waals surface area contributed by atoms with Crippen molar-refractivity contribution < 1.29 is 22.7 Å². The average Bonchev–Trinajstić information content (AvgIpc) is 3.50. The first-order valence-electron chi connectivity index (χ1n) is 14.7. The molecule has 2 amide bonds. The Kier molecular flexibility index (Phi) is 11.9. The normalized spacial score (nSPS) is 14.2. The van der Waals surface area contributed by atoms with Gasteiger partial charge in [0.05, 0.1) is 24.1 Å². The van der Waals surface area contributed by atoms with Crippen LogP contribution >= 0.6 is 23.2 Å². The van der Waals surface area contributed by atoms with Crippen molar-refractivity contribution in [3.63, 3.8) is 0 Å². The van der Waals surface area contributed by atoms with Crippen molar-refractivity contribution in [1.29, 1.82) is 0 Å². The van der Waals surface area contributed by atoms with Gasteiger partial charge in [0.1, 0.15) is 11.8 Å². The van der Waals surface area contributed by atoms with E-state index in [4.69, 9.17) is 27.9 Å². The van der Waals surface area contributed by atoms with E-state index in [0.29, 0.717) is 22.9 Å². The second kappa shape index (κ2) is 15.6. The van der Waals surface area contributed by atoms with Crippen molar-refractivity contribution in [2.45, 2.75) is 63.6 Å². The van der Waals surface area contributed by atoms with Crippen LogP contribution in [-0.2, 0) is 32.6 Å². The van der Waals surface area contributed by atoms with Gasteiger partial charge in [-0.15, -0.1) is 0 Å². The standard InChI is InChI=1S/C33H39Cl2N3O5S/c1-43-31-18-17-28(22-29(31)35)38(44(2,41)42)19-9-16-32(39)37(23-25-12-8-13-26(34)20-25)30(21-24-10-4-3-5-11-24)33(40)36-27-14-6-7-15-27/h3-5,8,10-13,17-18,20,22,27,30H,6-7,9,14-16,19,21,23H2,1-2H3,(H,36,40)/t30-/m1/s1. The van der Waals surface area contributed by atoms with E-state index in [9.17, 15) is 18.0 Å². The summed E-state index contributed by atoms with van der Waals surface area (Å²) in [6.45, 7) is 0.231. The number of hydrogen-bond donors (Lipinski definition) is 1. The quantitative estimate of drug-likeness (QED) is 0.221. The lowest BCUT2D eigenvalue weighted by Gasteiger charge is -2.33. The molecule has 0 bridgehead atoms. The van der Waals surface area contributed by atoms with Gasteiger partial charge in [0.25, 0.3) is 0 Å². The predicted octanol–water partition coefficient (Wildman–Crippen LogP) is 6.25. The van der Waals surface area contributed by atoms with Gasteiger partial charge in [-0.25, -0.2) is 8.42 Å². The summed E-state index contributed by atoms with van der Waals surface area (Å²) in [5, 5.41) is 4.00. The highest BCUT2D eigenvalue weighted by Gasteiger charge is 2.32. The Hall–Kier alpha value is -3.27. The Morgan fingerprint density at radius 3 is 2.32 bits per heavy atom. The van der Waals surface area contributed by atoms with E-state index < -0.39 is 16.1 Å². The monoisotopic (exact) mass is 659 g/mol. The maximum absolute atomic E-state index is 14.0. The summed E-state index contributed by atoms with van der Waals surface area (Å²) >= 11 is 12.6. The number of methoxy groups -OCH3 is 1. The lowest BCUT2D eigenvalue weighted by molar-refractivity contribution is -0.141. The number of anilines is 1. The van der Waals surface area contributed by atoms with Crippen molar-refractivity contribution in [2.24, 2.45) is 0 Å². The molecule has 11 heteroatoms. The molecule has 1 N–H and O–H groups in total. The van der Waals surface area contributed by atoms with Crippen LogP contribution in [0.1, 0.15) is 49.7 Å². The number of benzene rings is 3. The molecule has 0 unspecified atom stereocenters. The molecule has 44 heavy (non-hydrogen) atoms. The SMILES string of the molecule is COc1ccc(N(CCCC(=O)N(Cc2cccc(Cl)c2)[C@H](Cc2ccccc2)C(=O)NC2CCCC2)S(C)(=O)=O)cc1Cl. The third kappa shape index (κ3) is 9.36. The van der Waals surface area contributed by atoms with Crippen LogP contribution in [0.2, 0.25) is 10.0 Å². The van der Waals surface area contributed by atoms with Crippen LogP contribution < -0.4 is 14.4 Å². The first-order chi connectivity index (χ1) is 21.0. The fraction of sp³-hybridized carbons (Fsp3) is 0.394. The predicted molar refractivity (Wildman–Crippen MR) is 176 cm³/mol. The minimum atomic E-state index is -3.68. The number of amides is 2. The van der Waals surface area contributed by atoms with Crippen molar-refractivity contribution in [3.8, 4) is 5.75 Å². The number of sulfonamides is 1. The van der Waals surface area contributed by atoms with E-state index in [2.05, 4.69) is 5.32 Å². The Morgan fingerprint density at radius 2 is 1.68 bits per heavy atom. The molecule has 1 aliphatic rings. The summed E-state index contributed by atoms with van der Waals surface area (Å²) < 4.78 is 31.9. The second-order valence-corrected chi connectivity index (χ2v) is 13.9. The van der Waals surface area contributed by atoms with Gasteiger partial charge in [-0.05, 0) is 60.7 Å².